The molecule has 0 bridgehead atoms. The van der Waals surface area contributed by atoms with Gasteiger partial charge in [0.15, 0.2) is 0 Å². The van der Waals surface area contributed by atoms with E-state index in [4.69, 9.17) is 20.9 Å². The van der Waals surface area contributed by atoms with Gasteiger partial charge in [-0.15, -0.1) is 0 Å². The van der Waals surface area contributed by atoms with Crippen molar-refractivity contribution in [3.8, 4) is 0 Å². The van der Waals surface area contributed by atoms with Gasteiger partial charge in [-0.3, -0.25) is 0 Å². The number of aromatic nitrogens is 2. The quantitative estimate of drug-likeness (QED) is 0.566. The Morgan fingerprint density at radius 1 is 1.12 bits per heavy atom. The Hall–Kier alpha value is -0.645. The second-order valence-corrected chi connectivity index (χ2v) is 5.64. The molecule has 1 saturated heterocycles. The Balaban J connectivity index is 2.32. The summed E-state index contributed by atoms with van der Waals surface area (Å²) in [6.07, 6.45) is 0. The minimum absolute atomic E-state index is 0.372. The first-order valence-corrected chi connectivity index (χ1v) is 5.96. The van der Waals surface area contributed by atoms with E-state index in [1.165, 1.54) is 0 Å². The first kappa shape index (κ1) is 12.8. The lowest BCUT2D eigenvalue weighted by Gasteiger charge is -2.32. The van der Waals surface area contributed by atoms with Crippen LogP contribution in [0.4, 0.5) is 0 Å². The molecule has 17 heavy (non-hydrogen) atoms. The third-order valence-corrected chi connectivity index (χ3v) is 3.51. The lowest BCUT2D eigenvalue weighted by molar-refractivity contribution is 0.00578. The Kier molecular flexibility index (Phi) is 2.96. The van der Waals surface area contributed by atoms with E-state index < -0.39 is 7.12 Å². The third kappa shape index (κ3) is 2.32. The van der Waals surface area contributed by atoms with Crippen LogP contribution in [0.5, 0.6) is 0 Å². The second-order valence-electron chi connectivity index (χ2n) is 5.25. The van der Waals surface area contributed by atoms with Crippen LogP contribution < -0.4 is 5.59 Å². The second kappa shape index (κ2) is 3.94. The van der Waals surface area contributed by atoms with E-state index in [-0.39, 0.29) is 11.2 Å². The molecule has 1 aliphatic heterocycles. The van der Waals surface area contributed by atoms with Crippen molar-refractivity contribution in [1.82, 2.24) is 9.97 Å². The van der Waals surface area contributed by atoms with Gasteiger partial charge in [-0.2, -0.15) is 0 Å². The van der Waals surface area contributed by atoms with Gasteiger partial charge in [-0.25, -0.2) is 9.97 Å². The average molecular weight is 255 g/mol. The highest BCUT2D eigenvalue weighted by molar-refractivity contribution is 6.61. The Labute approximate surface area is 107 Å². The highest BCUT2D eigenvalue weighted by Gasteiger charge is 2.52. The van der Waals surface area contributed by atoms with Crippen LogP contribution in [-0.2, 0) is 9.31 Å². The molecular weight excluding hydrogens is 238 g/mol. The van der Waals surface area contributed by atoms with E-state index in [9.17, 15) is 0 Å². The standard InChI is InChI=1S/C11H16BClN2O2/c1-7-14-8(6-9(13)15-7)12-16-10(2,3)11(4,5)17-12/h6H,1-5H3. The van der Waals surface area contributed by atoms with Crippen LogP contribution in [0.3, 0.4) is 0 Å². The molecule has 0 radical (unpaired) electrons. The Morgan fingerprint density at radius 3 is 2.12 bits per heavy atom. The summed E-state index contributed by atoms with van der Waals surface area (Å²) in [6.45, 7) is 9.80. The maximum atomic E-state index is 5.91. The van der Waals surface area contributed by atoms with Gasteiger partial charge in [0.2, 0.25) is 0 Å². The molecule has 1 aliphatic rings. The highest BCUT2D eigenvalue weighted by Crippen LogP contribution is 2.36. The highest BCUT2D eigenvalue weighted by atomic mass is 35.5. The topological polar surface area (TPSA) is 44.2 Å². The van der Waals surface area contributed by atoms with Crippen LogP contribution in [0.15, 0.2) is 6.07 Å². The zero-order valence-corrected chi connectivity index (χ0v) is 11.5. The van der Waals surface area contributed by atoms with Crippen molar-refractivity contribution in [3.05, 3.63) is 17.0 Å². The predicted octanol–water partition coefficient (Wildman–Crippen LogP) is 1.74. The first-order valence-electron chi connectivity index (χ1n) is 5.58. The van der Waals surface area contributed by atoms with E-state index in [0.717, 1.165) is 0 Å². The van der Waals surface area contributed by atoms with Crippen LogP contribution in [-0.4, -0.2) is 28.3 Å². The number of halogens is 1. The van der Waals surface area contributed by atoms with E-state index in [0.29, 0.717) is 16.6 Å². The van der Waals surface area contributed by atoms with Crippen molar-refractivity contribution >= 4 is 24.3 Å². The fraction of sp³-hybridized carbons (Fsp3) is 0.636. The van der Waals surface area contributed by atoms with Crippen molar-refractivity contribution in [1.29, 1.82) is 0 Å². The molecular formula is C11H16BClN2O2. The lowest BCUT2D eigenvalue weighted by atomic mass is 9.84. The summed E-state index contributed by atoms with van der Waals surface area (Å²) >= 11 is 5.91. The van der Waals surface area contributed by atoms with Crippen molar-refractivity contribution in [2.45, 2.75) is 45.8 Å². The first-order chi connectivity index (χ1) is 7.71. The van der Waals surface area contributed by atoms with Crippen LogP contribution >= 0.6 is 11.6 Å². The lowest BCUT2D eigenvalue weighted by Crippen LogP contribution is -2.41. The summed E-state index contributed by atoms with van der Waals surface area (Å²) in [5, 5.41) is 0.405. The number of hydrogen-bond donors (Lipinski definition) is 0. The molecule has 0 aromatic carbocycles. The molecule has 0 spiro atoms. The van der Waals surface area contributed by atoms with Gasteiger partial charge in [0, 0.05) is 0 Å². The van der Waals surface area contributed by atoms with Crippen LogP contribution in [0.2, 0.25) is 5.15 Å². The molecule has 0 N–H and O–H groups in total. The largest absolute Gasteiger partial charge is 0.514 e. The normalized spacial score (nSPS) is 21.9. The van der Waals surface area contributed by atoms with E-state index in [1.54, 1.807) is 13.0 Å². The fourth-order valence-electron chi connectivity index (χ4n) is 1.64. The molecule has 1 aromatic rings. The molecule has 0 unspecified atom stereocenters. The predicted molar refractivity (Wildman–Crippen MR) is 67.5 cm³/mol. The SMILES string of the molecule is Cc1nc(Cl)cc(B2OC(C)(C)C(C)(C)O2)n1. The molecule has 1 aromatic heterocycles. The number of nitrogens with zero attached hydrogens (tertiary/aromatic N) is 2. The fourth-order valence-corrected chi connectivity index (χ4v) is 1.87. The van der Waals surface area contributed by atoms with E-state index in [2.05, 4.69) is 9.97 Å². The van der Waals surface area contributed by atoms with Gasteiger partial charge in [-0.1, -0.05) is 11.6 Å². The average Bonchev–Trinajstić information content (AvgIpc) is 2.34. The molecule has 6 heteroatoms. The van der Waals surface area contributed by atoms with Crippen molar-refractivity contribution in [2.24, 2.45) is 0 Å². The van der Waals surface area contributed by atoms with Gasteiger partial charge in [-0.05, 0) is 40.7 Å². The third-order valence-electron chi connectivity index (χ3n) is 3.32. The van der Waals surface area contributed by atoms with Gasteiger partial charge in [0.25, 0.3) is 0 Å². The monoisotopic (exact) mass is 254 g/mol. The molecule has 0 atom stereocenters. The van der Waals surface area contributed by atoms with Crippen molar-refractivity contribution < 1.29 is 9.31 Å². The molecule has 4 nitrogen and oxygen atoms in total. The van der Waals surface area contributed by atoms with Gasteiger partial charge in [0.05, 0.1) is 16.8 Å². The summed E-state index contributed by atoms with van der Waals surface area (Å²) < 4.78 is 11.8. The zero-order chi connectivity index (χ0) is 12.8. The smallest absolute Gasteiger partial charge is 0.398 e. The molecule has 92 valence electrons. The molecule has 0 amide bonds. The summed E-state index contributed by atoms with van der Waals surface area (Å²) in [4.78, 5) is 8.32. The Bertz CT molecular complexity index is 415. The van der Waals surface area contributed by atoms with Crippen LogP contribution in [0.25, 0.3) is 0 Å². The number of rotatable bonds is 1. The minimum atomic E-state index is -0.487. The van der Waals surface area contributed by atoms with Gasteiger partial charge < -0.3 is 9.31 Å². The van der Waals surface area contributed by atoms with Gasteiger partial charge in [0.1, 0.15) is 11.0 Å². The summed E-state index contributed by atoms with van der Waals surface area (Å²) in [6, 6.07) is 1.68. The zero-order valence-electron chi connectivity index (χ0n) is 10.7. The molecule has 0 aliphatic carbocycles. The van der Waals surface area contributed by atoms with E-state index >= 15 is 0 Å². The maximum Gasteiger partial charge on any atom is 0.514 e. The summed E-state index contributed by atoms with van der Waals surface area (Å²) in [5.74, 6) is 0.613. The van der Waals surface area contributed by atoms with Crippen LogP contribution in [0, 0.1) is 6.92 Å². The van der Waals surface area contributed by atoms with E-state index in [1.807, 2.05) is 27.7 Å². The minimum Gasteiger partial charge on any atom is -0.398 e. The molecule has 0 saturated carbocycles. The molecule has 2 heterocycles. The van der Waals surface area contributed by atoms with Crippen LogP contribution in [0.1, 0.15) is 33.5 Å². The van der Waals surface area contributed by atoms with Crippen molar-refractivity contribution in [2.75, 3.05) is 0 Å². The van der Waals surface area contributed by atoms with Crippen molar-refractivity contribution in [3.63, 3.8) is 0 Å². The summed E-state index contributed by atoms with van der Waals surface area (Å²) in [7, 11) is -0.487. The summed E-state index contributed by atoms with van der Waals surface area (Å²) in [5.41, 5.74) is -0.0763. The molecule has 1 fully saturated rings. The number of hydrogen-bond acceptors (Lipinski definition) is 4. The number of aryl methyl sites for hydroxylation is 1. The molecule has 2 rings (SSSR count). The maximum absolute atomic E-state index is 5.91. The Morgan fingerprint density at radius 2 is 1.65 bits per heavy atom. The van der Waals surface area contributed by atoms with Gasteiger partial charge >= 0.3 is 7.12 Å².